The molecule has 0 saturated heterocycles. The fourth-order valence-electron chi connectivity index (χ4n) is 1.48. The van der Waals surface area contributed by atoms with Crippen molar-refractivity contribution in [3.63, 3.8) is 0 Å². The molecule has 0 saturated carbocycles. The number of aliphatic hydroxyl groups is 1. The van der Waals surface area contributed by atoms with Gasteiger partial charge in [-0.3, -0.25) is 0 Å². The summed E-state index contributed by atoms with van der Waals surface area (Å²) in [5.74, 6) is 0. The van der Waals surface area contributed by atoms with Gasteiger partial charge in [0.1, 0.15) is 0 Å². The van der Waals surface area contributed by atoms with Gasteiger partial charge >= 0.3 is 0 Å². The van der Waals surface area contributed by atoms with Crippen LogP contribution < -0.4 is 0 Å². The van der Waals surface area contributed by atoms with Crippen LogP contribution >= 0.6 is 31.9 Å². The first-order valence-electron chi connectivity index (χ1n) is 5.18. The van der Waals surface area contributed by atoms with Crippen LogP contribution in [-0.4, -0.2) is 37.0 Å². The third-order valence-electron chi connectivity index (χ3n) is 2.19. The molecule has 0 aliphatic rings. The van der Waals surface area contributed by atoms with Gasteiger partial charge in [-0.1, -0.05) is 15.9 Å². The smallest absolute Gasteiger partial charge is 0.244 e. The van der Waals surface area contributed by atoms with Gasteiger partial charge in [-0.05, 0) is 48.0 Å². The van der Waals surface area contributed by atoms with Crippen LogP contribution in [0.3, 0.4) is 0 Å². The molecular formula is C11H15Br2NO3S. The second-order valence-corrected chi connectivity index (χ2v) is 8.43. The van der Waals surface area contributed by atoms with E-state index in [0.29, 0.717) is 4.47 Å². The summed E-state index contributed by atoms with van der Waals surface area (Å²) in [6.45, 7) is 3.16. The topological polar surface area (TPSA) is 57.6 Å². The van der Waals surface area contributed by atoms with Crippen LogP contribution in [0.1, 0.15) is 13.8 Å². The van der Waals surface area contributed by atoms with E-state index in [-0.39, 0.29) is 11.4 Å². The molecule has 18 heavy (non-hydrogen) atoms. The molecule has 1 aromatic carbocycles. The van der Waals surface area contributed by atoms with Crippen molar-refractivity contribution in [2.24, 2.45) is 0 Å². The molecule has 1 rings (SSSR count). The molecule has 1 aromatic rings. The molecule has 1 N–H and O–H groups in total. The molecule has 7 heteroatoms. The second kappa shape index (κ2) is 5.58. The zero-order valence-corrected chi connectivity index (χ0v) is 14.3. The van der Waals surface area contributed by atoms with Gasteiger partial charge in [0.15, 0.2) is 0 Å². The summed E-state index contributed by atoms with van der Waals surface area (Å²) in [4.78, 5) is 0.178. The predicted octanol–water partition coefficient (Wildman–Crippen LogP) is 2.60. The number of benzene rings is 1. The Hall–Kier alpha value is 0.0500. The number of hydrogen-bond acceptors (Lipinski definition) is 3. The Labute approximate surface area is 124 Å². The summed E-state index contributed by atoms with van der Waals surface area (Å²) in [5, 5.41) is 9.69. The lowest BCUT2D eigenvalue weighted by Gasteiger charge is -2.25. The third-order valence-corrected chi connectivity index (χ3v) is 5.47. The van der Waals surface area contributed by atoms with Gasteiger partial charge in [0.2, 0.25) is 10.0 Å². The zero-order chi connectivity index (χ0) is 14.1. The summed E-state index contributed by atoms with van der Waals surface area (Å²) in [6, 6.07) is 4.85. The summed E-state index contributed by atoms with van der Waals surface area (Å²) >= 11 is 6.50. The van der Waals surface area contributed by atoms with Crippen molar-refractivity contribution < 1.29 is 13.5 Å². The fraction of sp³-hybridized carbons (Fsp3) is 0.455. The van der Waals surface area contributed by atoms with Gasteiger partial charge in [-0.15, -0.1) is 0 Å². The largest absolute Gasteiger partial charge is 0.389 e. The Morgan fingerprint density at radius 2 is 1.89 bits per heavy atom. The van der Waals surface area contributed by atoms with Crippen molar-refractivity contribution in [2.45, 2.75) is 24.3 Å². The van der Waals surface area contributed by atoms with Crippen LogP contribution in [0.25, 0.3) is 0 Å². The van der Waals surface area contributed by atoms with Gasteiger partial charge in [-0.2, -0.15) is 4.31 Å². The molecule has 0 amide bonds. The lowest BCUT2D eigenvalue weighted by molar-refractivity contribution is 0.0640. The third kappa shape index (κ3) is 4.03. The number of rotatable bonds is 4. The lowest BCUT2D eigenvalue weighted by atomic mass is 10.1. The minimum atomic E-state index is -3.61. The molecule has 0 unspecified atom stereocenters. The van der Waals surface area contributed by atoms with Crippen molar-refractivity contribution in [3.05, 3.63) is 27.1 Å². The van der Waals surface area contributed by atoms with Crippen molar-refractivity contribution in [3.8, 4) is 0 Å². The molecule has 0 aromatic heterocycles. The highest BCUT2D eigenvalue weighted by Gasteiger charge is 2.27. The SMILES string of the molecule is CN(CC(C)(C)O)S(=O)(=O)c1ccc(Br)cc1Br. The number of nitrogens with zero attached hydrogens (tertiary/aromatic N) is 1. The van der Waals surface area contributed by atoms with Crippen LogP contribution in [-0.2, 0) is 10.0 Å². The maximum Gasteiger partial charge on any atom is 0.244 e. The summed E-state index contributed by atoms with van der Waals surface area (Å²) in [6.07, 6.45) is 0. The number of hydrogen-bond donors (Lipinski definition) is 1. The van der Waals surface area contributed by atoms with Gasteiger partial charge in [0.05, 0.1) is 10.5 Å². The Morgan fingerprint density at radius 3 is 2.33 bits per heavy atom. The molecule has 0 fully saturated rings. The molecule has 0 bridgehead atoms. The van der Waals surface area contributed by atoms with Crippen LogP contribution in [0.5, 0.6) is 0 Å². The molecule has 4 nitrogen and oxygen atoms in total. The average Bonchev–Trinajstić information content (AvgIpc) is 2.13. The minimum absolute atomic E-state index is 0.0256. The quantitative estimate of drug-likeness (QED) is 0.844. The maximum atomic E-state index is 12.3. The highest BCUT2D eigenvalue weighted by Crippen LogP contribution is 2.28. The standard InChI is InChI=1S/C11H15Br2NO3S/c1-11(2,15)7-14(3)18(16,17)10-5-4-8(12)6-9(10)13/h4-6,15H,7H2,1-3H3. The van der Waals surface area contributed by atoms with Crippen LogP contribution in [0, 0.1) is 0 Å². The molecular weight excluding hydrogens is 386 g/mol. The molecule has 0 heterocycles. The first-order chi connectivity index (χ1) is 8.04. The Morgan fingerprint density at radius 1 is 1.33 bits per heavy atom. The van der Waals surface area contributed by atoms with E-state index >= 15 is 0 Å². The van der Waals surface area contributed by atoms with Crippen molar-refractivity contribution in [1.82, 2.24) is 4.31 Å². The van der Waals surface area contributed by atoms with E-state index in [1.165, 1.54) is 13.1 Å². The normalized spacial score (nSPS) is 13.1. The van der Waals surface area contributed by atoms with Crippen molar-refractivity contribution in [2.75, 3.05) is 13.6 Å². The van der Waals surface area contributed by atoms with E-state index in [9.17, 15) is 13.5 Å². The lowest BCUT2D eigenvalue weighted by Crippen LogP contribution is -2.39. The average molecular weight is 401 g/mol. The van der Waals surface area contributed by atoms with Gasteiger partial charge in [0.25, 0.3) is 0 Å². The van der Waals surface area contributed by atoms with Crippen LogP contribution in [0.4, 0.5) is 0 Å². The monoisotopic (exact) mass is 399 g/mol. The van der Waals surface area contributed by atoms with E-state index in [1.807, 2.05) is 0 Å². The van der Waals surface area contributed by atoms with E-state index in [4.69, 9.17) is 0 Å². The van der Waals surface area contributed by atoms with E-state index in [0.717, 1.165) is 8.78 Å². The number of sulfonamides is 1. The molecule has 0 aliphatic carbocycles. The van der Waals surface area contributed by atoms with Gasteiger partial charge in [0, 0.05) is 22.5 Å². The first kappa shape index (κ1) is 16.1. The highest BCUT2D eigenvalue weighted by molar-refractivity contribution is 9.11. The Kier molecular flexibility index (Phi) is 4.99. The van der Waals surface area contributed by atoms with E-state index in [1.54, 1.807) is 26.0 Å². The van der Waals surface area contributed by atoms with Crippen LogP contribution in [0.2, 0.25) is 0 Å². The zero-order valence-electron chi connectivity index (χ0n) is 10.3. The molecule has 0 spiro atoms. The van der Waals surface area contributed by atoms with Crippen molar-refractivity contribution in [1.29, 1.82) is 0 Å². The highest BCUT2D eigenvalue weighted by atomic mass is 79.9. The molecule has 102 valence electrons. The van der Waals surface area contributed by atoms with Gasteiger partial charge < -0.3 is 5.11 Å². The Balaban J connectivity index is 3.14. The molecule has 0 aliphatic heterocycles. The first-order valence-corrected chi connectivity index (χ1v) is 8.20. The van der Waals surface area contributed by atoms with Crippen LogP contribution in [0.15, 0.2) is 32.0 Å². The molecule has 0 radical (unpaired) electrons. The minimum Gasteiger partial charge on any atom is -0.389 e. The van der Waals surface area contributed by atoms with Crippen molar-refractivity contribution >= 4 is 41.9 Å². The summed E-state index contributed by atoms with van der Waals surface area (Å²) in [5.41, 5.74) is -1.08. The van der Waals surface area contributed by atoms with E-state index < -0.39 is 15.6 Å². The van der Waals surface area contributed by atoms with E-state index in [2.05, 4.69) is 31.9 Å². The summed E-state index contributed by atoms with van der Waals surface area (Å²) in [7, 11) is -2.17. The van der Waals surface area contributed by atoms with Gasteiger partial charge in [-0.25, -0.2) is 8.42 Å². The predicted molar refractivity (Wildman–Crippen MR) is 78.0 cm³/mol. The fourth-order valence-corrected chi connectivity index (χ4v) is 4.51. The number of halogens is 2. The molecule has 0 atom stereocenters. The summed E-state index contributed by atoms with van der Waals surface area (Å²) < 4.78 is 27.0. The second-order valence-electron chi connectivity index (χ2n) is 4.65. The maximum absolute atomic E-state index is 12.3. The number of likely N-dealkylation sites (N-methyl/N-ethyl adjacent to an activating group) is 1. The Bertz CT molecular complexity index is 538.